The summed E-state index contributed by atoms with van der Waals surface area (Å²) in [5, 5.41) is 12.4. The Balaban J connectivity index is 2.93. The van der Waals surface area contributed by atoms with Crippen LogP contribution in [0.15, 0.2) is 18.2 Å². The van der Waals surface area contributed by atoms with Crippen molar-refractivity contribution in [3.8, 4) is 0 Å². The first-order valence-electron chi connectivity index (χ1n) is 6.46. The van der Waals surface area contributed by atoms with Crippen LogP contribution in [0.5, 0.6) is 0 Å². The Labute approximate surface area is 109 Å². The van der Waals surface area contributed by atoms with Gasteiger partial charge in [0.25, 0.3) is 0 Å². The molecule has 0 aliphatic rings. The second-order valence-electron chi connectivity index (χ2n) is 4.61. The monoisotopic (exact) mass is 254 g/mol. The summed E-state index contributed by atoms with van der Waals surface area (Å²) in [6.45, 7) is 8.24. The second kappa shape index (κ2) is 7.34. The summed E-state index contributed by atoms with van der Waals surface area (Å²) in [5.74, 6) is -0.223. The second-order valence-corrected chi connectivity index (χ2v) is 4.61. The van der Waals surface area contributed by atoms with Crippen LogP contribution in [-0.2, 0) is 6.54 Å². The van der Waals surface area contributed by atoms with Gasteiger partial charge in [-0.05, 0) is 30.7 Å². The van der Waals surface area contributed by atoms with Gasteiger partial charge in [-0.3, -0.25) is 0 Å². The highest BCUT2D eigenvalue weighted by Gasteiger charge is 2.10. The van der Waals surface area contributed by atoms with Crippen molar-refractivity contribution in [2.45, 2.75) is 33.4 Å². The highest BCUT2D eigenvalue weighted by molar-refractivity contribution is 5.53. The third-order valence-corrected chi connectivity index (χ3v) is 2.83. The molecule has 3 nitrogen and oxygen atoms in total. The fourth-order valence-electron chi connectivity index (χ4n) is 1.89. The number of nitrogens with one attached hydrogen (secondary N) is 1. The van der Waals surface area contributed by atoms with E-state index in [-0.39, 0.29) is 12.4 Å². The fraction of sp³-hybridized carbons (Fsp3) is 0.571. The summed E-state index contributed by atoms with van der Waals surface area (Å²) in [6, 6.07) is 5.17. The average molecular weight is 254 g/mol. The minimum Gasteiger partial charge on any atom is -0.395 e. The van der Waals surface area contributed by atoms with E-state index < -0.39 is 0 Å². The topological polar surface area (TPSA) is 35.5 Å². The number of nitrogens with zero attached hydrogens (tertiary/aromatic N) is 1. The molecule has 1 aromatic rings. The van der Waals surface area contributed by atoms with Gasteiger partial charge in [-0.25, -0.2) is 4.39 Å². The molecule has 0 radical (unpaired) electrons. The van der Waals surface area contributed by atoms with Crippen molar-refractivity contribution in [1.82, 2.24) is 5.32 Å². The molecule has 0 saturated heterocycles. The predicted molar refractivity (Wildman–Crippen MR) is 73.3 cm³/mol. The van der Waals surface area contributed by atoms with E-state index in [4.69, 9.17) is 5.11 Å². The maximum atomic E-state index is 13.3. The largest absolute Gasteiger partial charge is 0.395 e. The zero-order chi connectivity index (χ0) is 13.5. The molecule has 0 spiro atoms. The summed E-state index contributed by atoms with van der Waals surface area (Å²) in [6.07, 6.45) is 0. The fourth-order valence-corrected chi connectivity index (χ4v) is 1.89. The summed E-state index contributed by atoms with van der Waals surface area (Å²) in [7, 11) is 0. The lowest BCUT2D eigenvalue weighted by molar-refractivity contribution is 0.302. The first kappa shape index (κ1) is 14.9. The lowest BCUT2D eigenvalue weighted by Crippen LogP contribution is -2.29. The molecule has 0 saturated carbocycles. The van der Waals surface area contributed by atoms with Gasteiger partial charge >= 0.3 is 0 Å². The van der Waals surface area contributed by atoms with E-state index in [9.17, 15) is 4.39 Å². The zero-order valence-electron chi connectivity index (χ0n) is 11.4. The third kappa shape index (κ3) is 4.27. The predicted octanol–water partition coefficient (Wildman–Crippen LogP) is 2.14. The van der Waals surface area contributed by atoms with Gasteiger partial charge in [-0.15, -0.1) is 0 Å². The Bertz CT molecular complexity index is 369. The molecule has 0 heterocycles. The van der Waals surface area contributed by atoms with Crippen LogP contribution in [0, 0.1) is 5.82 Å². The zero-order valence-corrected chi connectivity index (χ0v) is 11.4. The van der Waals surface area contributed by atoms with E-state index in [1.807, 2.05) is 6.92 Å². The van der Waals surface area contributed by atoms with E-state index in [0.29, 0.717) is 19.1 Å². The Hall–Kier alpha value is -1.13. The van der Waals surface area contributed by atoms with E-state index in [1.54, 1.807) is 12.1 Å². The standard InChI is InChI=1S/C14H23FN2O/c1-4-17(7-8-18)14-6-5-13(15)9-12(14)10-16-11(2)3/h5-6,9,11,16,18H,4,7-8,10H2,1-3H3. The lowest BCUT2D eigenvalue weighted by Gasteiger charge is -2.25. The number of halogens is 1. The molecule has 0 aliphatic heterocycles. The SMILES string of the molecule is CCN(CCO)c1ccc(F)cc1CNC(C)C. The molecule has 1 rings (SSSR count). The number of likely N-dealkylation sites (N-methyl/N-ethyl adjacent to an activating group) is 1. The van der Waals surface area contributed by atoms with Crippen molar-refractivity contribution in [3.05, 3.63) is 29.6 Å². The number of anilines is 1. The van der Waals surface area contributed by atoms with Crippen LogP contribution in [0.4, 0.5) is 10.1 Å². The molecule has 0 aliphatic carbocycles. The van der Waals surface area contributed by atoms with Crippen LogP contribution >= 0.6 is 0 Å². The van der Waals surface area contributed by atoms with Gasteiger partial charge in [0.15, 0.2) is 0 Å². The van der Waals surface area contributed by atoms with Crippen LogP contribution in [0.3, 0.4) is 0 Å². The molecule has 0 atom stereocenters. The van der Waals surface area contributed by atoms with Gasteiger partial charge in [0.1, 0.15) is 5.82 Å². The van der Waals surface area contributed by atoms with Gasteiger partial charge in [0.2, 0.25) is 0 Å². The Morgan fingerprint density at radius 2 is 2.11 bits per heavy atom. The molecule has 18 heavy (non-hydrogen) atoms. The molecule has 1 aromatic carbocycles. The first-order valence-corrected chi connectivity index (χ1v) is 6.46. The molecule has 0 unspecified atom stereocenters. The third-order valence-electron chi connectivity index (χ3n) is 2.83. The molecule has 0 bridgehead atoms. The van der Waals surface area contributed by atoms with Crippen molar-refractivity contribution in [1.29, 1.82) is 0 Å². The Kier molecular flexibility index (Phi) is 6.09. The minimum absolute atomic E-state index is 0.0995. The lowest BCUT2D eigenvalue weighted by atomic mass is 10.1. The van der Waals surface area contributed by atoms with Gasteiger partial charge in [-0.1, -0.05) is 13.8 Å². The van der Waals surface area contributed by atoms with Crippen molar-refractivity contribution >= 4 is 5.69 Å². The van der Waals surface area contributed by atoms with Crippen LogP contribution in [-0.4, -0.2) is 30.8 Å². The maximum Gasteiger partial charge on any atom is 0.123 e. The quantitative estimate of drug-likeness (QED) is 0.782. The van der Waals surface area contributed by atoms with Crippen LogP contribution in [0.2, 0.25) is 0 Å². The van der Waals surface area contributed by atoms with Crippen LogP contribution in [0.25, 0.3) is 0 Å². The van der Waals surface area contributed by atoms with Gasteiger partial charge < -0.3 is 15.3 Å². The van der Waals surface area contributed by atoms with E-state index in [2.05, 4.69) is 24.1 Å². The smallest absolute Gasteiger partial charge is 0.123 e. The number of hydrogen-bond acceptors (Lipinski definition) is 3. The molecular formula is C14H23FN2O. The Morgan fingerprint density at radius 3 is 2.67 bits per heavy atom. The normalized spacial score (nSPS) is 11.0. The molecule has 0 aromatic heterocycles. The van der Waals surface area contributed by atoms with Crippen LogP contribution in [0.1, 0.15) is 26.3 Å². The molecule has 0 fully saturated rings. The number of aliphatic hydroxyl groups excluding tert-OH is 1. The van der Waals surface area contributed by atoms with Crippen molar-refractivity contribution < 1.29 is 9.50 Å². The maximum absolute atomic E-state index is 13.3. The van der Waals surface area contributed by atoms with Gasteiger partial charge in [-0.2, -0.15) is 0 Å². The van der Waals surface area contributed by atoms with Crippen molar-refractivity contribution in [2.24, 2.45) is 0 Å². The van der Waals surface area contributed by atoms with Crippen LogP contribution < -0.4 is 10.2 Å². The minimum atomic E-state index is -0.223. The van der Waals surface area contributed by atoms with Crippen molar-refractivity contribution in [3.63, 3.8) is 0 Å². The molecule has 102 valence electrons. The molecule has 2 N–H and O–H groups in total. The number of aliphatic hydroxyl groups is 1. The average Bonchev–Trinajstić information content (AvgIpc) is 2.34. The van der Waals surface area contributed by atoms with E-state index in [0.717, 1.165) is 17.8 Å². The summed E-state index contributed by atoms with van der Waals surface area (Å²) < 4.78 is 13.3. The van der Waals surface area contributed by atoms with E-state index >= 15 is 0 Å². The number of hydrogen-bond donors (Lipinski definition) is 2. The number of benzene rings is 1. The van der Waals surface area contributed by atoms with E-state index in [1.165, 1.54) is 6.07 Å². The highest BCUT2D eigenvalue weighted by atomic mass is 19.1. The van der Waals surface area contributed by atoms with Gasteiger partial charge in [0, 0.05) is 31.4 Å². The molecular weight excluding hydrogens is 231 g/mol. The first-order chi connectivity index (χ1) is 8.58. The summed E-state index contributed by atoms with van der Waals surface area (Å²) >= 11 is 0. The molecule has 0 amide bonds. The van der Waals surface area contributed by atoms with Crippen molar-refractivity contribution in [2.75, 3.05) is 24.6 Å². The molecule has 4 heteroatoms. The van der Waals surface area contributed by atoms with Gasteiger partial charge in [0.05, 0.1) is 6.61 Å². The highest BCUT2D eigenvalue weighted by Crippen LogP contribution is 2.21. The summed E-state index contributed by atoms with van der Waals surface area (Å²) in [4.78, 5) is 2.05. The Morgan fingerprint density at radius 1 is 1.39 bits per heavy atom. The number of rotatable bonds is 7. The summed E-state index contributed by atoms with van der Waals surface area (Å²) in [5.41, 5.74) is 1.92.